The molecule has 10 heteroatoms. The van der Waals surface area contributed by atoms with Crippen molar-refractivity contribution in [1.82, 2.24) is 14.9 Å². The van der Waals surface area contributed by atoms with Crippen LogP contribution in [-0.2, 0) is 11.9 Å². The summed E-state index contributed by atoms with van der Waals surface area (Å²) in [6, 6.07) is 4.42. The standard InChI is InChI=1S/C10H7BrF4N4S/c11-6-2-1-5(7(12)3-6)4-20-9-18-17-8(19(9)16)10(13,14)15/h1-3H,4,16H2. The fourth-order valence-electron chi connectivity index (χ4n) is 1.35. The van der Waals surface area contributed by atoms with E-state index in [0.717, 1.165) is 11.8 Å². The summed E-state index contributed by atoms with van der Waals surface area (Å²) < 4.78 is 51.8. The zero-order chi connectivity index (χ0) is 14.9. The first-order valence-electron chi connectivity index (χ1n) is 5.13. The number of nitrogens with zero attached hydrogens (tertiary/aromatic N) is 3. The highest BCUT2D eigenvalue weighted by atomic mass is 79.9. The number of alkyl halides is 3. The van der Waals surface area contributed by atoms with Gasteiger partial charge in [-0.15, -0.1) is 10.2 Å². The van der Waals surface area contributed by atoms with E-state index in [0.29, 0.717) is 14.7 Å². The van der Waals surface area contributed by atoms with Gasteiger partial charge in [-0.1, -0.05) is 33.8 Å². The zero-order valence-corrected chi connectivity index (χ0v) is 12.1. The highest BCUT2D eigenvalue weighted by Gasteiger charge is 2.38. The van der Waals surface area contributed by atoms with Crippen molar-refractivity contribution in [2.75, 3.05) is 5.84 Å². The Morgan fingerprint density at radius 1 is 1.30 bits per heavy atom. The average Bonchev–Trinajstić information content (AvgIpc) is 2.69. The van der Waals surface area contributed by atoms with Crippen molar-refractivity contribution in [3.05, 3.63) is 39.9 Å². The maximum absolute atomic E-state index is 13.6. The maximum Gasteiger partial charge on any atom is 0.453 e. The van der Waals surface area contributed by atoms with Crippen LogP contribution in [0.5, 0.6) is 0 Å². The largest absolute Gasteiger partial charge is 0.453 e. The van der Waals surface area contributed by atoms with Gasteiger partial charge in [0.25, 0.3) is 5.82 Å². The summed E-state index contributed by atoms with van der Waals surface area (Å²) in [6.45, 7) is 0. The summed E-state index contributed by atoms with van der Waals surface area (Å²) in [5.41, 5.74) is 0.328. The summed E-state index contributed by atoms with van der Waals surface area (Å²) in [5.74, 6) is 3.59. The topological polar surface area (TPSA) is 56.7 Å². The molecule has 0 radical (unpaired) electrons. The van der Waals surface area contributed by atoms with Crippen molar-refractivity contribution in [2.24, 2.45) is 0 Å². The van der Waals surface area contributed by atoms with Crippen molar-refractivity contribution in [1.29, 1.82) is 0 Å². The van der Waals surface area contributed by atoms with E-state index in [1.54, 1.807) is 6.07 Å². The van der Waals surface area contributed by atoms with E-state index in [9.17, 15) is 17.6 Å². The third-order valence-corrected chi connectivity index (χ3v) is 3.78. The SMILES string of the molecule is Nn1c(SCc2ccc(Br)cc2F)nnc1C(F)(F)F. The monoisotopic (exact) mass is 370 g/mol. The Labute approximate surface area is 123 Å². The van der Waals surface area contributed by atoms with Crippen LogP contribution in [0, 0.1) is 5.82 Å². The molecule has 2 N–H and O–H groups in total. The van der Waals surface area contributed by atoms with Gasteiger partial charge in [-0.05, 0) is 17.7 Å². The number of thioether (sulfide) groups is 1. The summed E-state index contributed by atoms with van der Waals surface area (Å²) in [6.07, 6.45) is -4.68. The van der Waals surface area contributed by atoms with E-state index in [1.807, 2.05) is 0 Å². The average molecular weight is 371 g/mol. The number of aromatic nitrogens is 3. The molecular weight excluding hydrogens is 364 g/mol. The lowest BCUT2D eigenvalue weighted by molar-refractivity contribution is -0.146. The molecule has 20 heavy (non-hydrogen) atoms. The molecule has 4 nitrogen and oxygen atoms in total. The molecular formula is C10H7BrF4N4S. The van der Waals surface area contributed by atoms with E-state index in [2.05, 4.69) is 26.1 Å². The van der Waals surface area contributed by atoms with Crippen molar-refractivity contribution in [3.8, 4) is 0 Å². The summed E-state index contributed by atoms with van der Waals surface area (Å²) >= 11 is 3.98. The van der Waals surface area contributed by atoms with Gasteiger partial charge in [0.2, 0.25) is 5.16 Å². The van der Waals surface area contributed by atoms with Gasteiger partial charge in [-0.3, -0.25) is 0 Å². The Bertz CT molecular complexity index is 628. The van der Waals surface area contributed by atoms with Gasteiger partial charge in [0.05, 0.1) is 0 Å². The van der Waals surface area contributed by atoms with Gasteiger partial charge < -0.3 is 5.84 Å². The van der Waals surface area contributed by atoms with Gasteiger partial charge >= 0.3 is 6.18 Å². The van der Waals surface area contributed by atoms with E-state index >= 15 is 0 Å². The van der Waals surface area contributed by atoms with Gasteiger partial charge in [-0.2, -0.15) is 13.2 Å². The van der Waals surface area contributed by atoms with Gasteiger partial charge in [0, 0.05) is 10.2 Å². The molecule has 0 aliphatic heterocycles. The lowest BCUT2D eigenvalue weighted by Gasteiger charge is -2.06. The summed E-state index contributed by atoms with van der Waals surface area (Å²) in [4.78, 5) is 0. The highest BCUT2D eigenvalue weighted by molar-refractivity contribution is 9.10. The molecule has 1 aromatic heterocycles. The zero-order valence-electron chi connectivity index (χ0n) is 9.66. The first-order valence-corrected chi connectivity index (χ1v) is 6.91. The molecule has 0 unspecified atom stereocenters. The molecule has 2 aromatic rings. The molecule has 0 amide bonds. The van der Waals surface area contributed by atoms with Gasteiger partial charge in [0.15, 0.2) is 0 Å². The molecule has 0 aliphatic rings. The normalized spacial score (nSPS) is 11.8. The number of rotatable bonds is 3. The molecule has 0 spiro atoms. The Morgan fingerprint density at radius 2 is 2.00 bits per heavy atom. The predicted octanol–water partition coefficient (Wildman–Crippen LogP) is 3.20. The third-order valence-electron chi connectivity index (χ3n) is 2.29. The van der Waals surface area contributed by atoms with Crippen LogP contribution in [0.3, 0.4) is 0 Å². The van der Waals surface area contributed by atoms with Crippen molar-refractivity contribution < 1.29 is 17.6 Å². The van der Waals surface area contributed by atoms with Crippen molar-refractivity contribution in [2.45, 2.75) is 17.1 Å². The van der Waals surface area contributed by atoms with Gasteiger partial charge in [-0.25, -0.2) is 9.07 Å². The van der Waals surface area contributed by atoms with Crippen LogP contribution in [0.4, 0.5) is 17.6 Å². The molecule has 0 atom stereocenters. The van der Waals surface area contributed by atoms with Crippen molar-refractivity contribution >= 4 is 27.7 Å². The molecule has 0 aliphatic carbocycles. The van der Waals surface area contributed by atoms with Crippen LogP contribution in [-0.4, -0.2) is 14.9 Å². The quantitative estimate of drug-likeness (QED) is 0.512. The Balaban J connectivity index is 2.14. The second-order valence-corrected chi connectivity index (χ2v) is 5.56. The van der Waals surface area contributed by atoms with E-state index < -0.39 is 17.8 Å². The molecule has 1 aromatic carbocycles. The third kappa shape index (κ3) is 3.23. The van der Waals surface area contributed by atoms with Crippen LogP contribution >= 0.6 is 27.7 Å². The number of nitrogens with two attached hydrogens (primary N) is 1. The van der Waals surface area contributed by atoms with Gasteiger partial charge in [0.1, 0.15) is 5.82 Å². The highest BCUT2D eigenvalue weighted by Crippen LogP contribution is 2.30. The first kappa shape index (κ1) is 15.1. The fourth-order valence-corrected chi connectivity index (χ4v) is 2.53. The molecule has 108 valence electrons. The molecule has 0 fully saturated rings. The van der Waals surface area contributed by atoms with Crippen LogP contribution in [0.15, 0.2) is 27.8 Å². The summed E-state index contributed by atoms with van der Waals surface area (Å²) in [7, 11) is 0. The first-order chi connectivity index (χ1) is 9.29. The summed E-state index contributed by atoms with van der Waals surface area (Å²) in [5, 5.41) is 6.18. The van der Waals surface area contributed by atoms with Crippen LogP contribution in [0.1, 0.15) is 11.4 Å². The lowest BCUT2D eigenvalue weighted by Crippen LogP contribution is -2.21. The van der Waals surface area contributed by atoms with Crippen LogP contribution in [0.25, 0.3) is 0 Å². The molecule has 0 saturated carbocycles. The Hall–Kier alpha value is -1.29. The van der Waals surface area contributed by atoms with E-state index in [1.165, 1.54) is 12.1 Å². The second kappa shape index (κ2) is 5.60. The minimum Gasteiger partial charge on any atom is -0.335 e. The number of halogens is 5. The Morgan fingerprint density at radius 3 is 2.55 bits per heavy atom. The number of hydrogen-bond acceptors (Lipinski definition) is 4. The number of nitrogen functional groups attached to an aromatic ring is 1. The molecule has 0 saturated heterocycles. The van der Waals surface area contributed by atoms with E-state index in [4.69, 9.17) is 5.84 Å². The minimum absolute atomic E-state index is 0.0896. The number of hydrogen-bond donors (Lipinski definition) is 1. The molecule has 1 heterocycles. The van der Waals surface area contributed by atoms with Crippen LogP contribution in [0.2, 0.25) is 0 Å². The fraction of sp³-hybridized carbons (Fsp3) is 0.200. The second-order valence-electron chi connectivity index (χ2n) is 3.70. The molecule has 0 bridgehead atoms. The van der Waals surface area contributed by atoms with E-state index in [-0.39, 0.29) is 10.9 Å². The Kier molecular flexibility index (Phi) is 4.23. The van der Waals surface area contributed by atoms with Crippen molar-refractivity contribution in [3.63, 3.8) is 0 Å². The van der Waals surface area contributed by atoms with Crippen LogP contribution < -0.4 is 5.84 Å². The maximum atomic E-state index is 13.6. The smallest absolute Gasteiger partial charge is 0.335 e. The lowest BCUT2D eigenvalue weighted by atomic mass is 10.2. The number of benzene rings is 1. The predicted molar refractivity (Wildman–Crippen MR) is 68.8 cm³/mol. The molecule has 2 rings (SSSR count). The minimum atomic E-state index is -4.68.